The molecule has 0 aliphatic carbocycles. The zero-order chi connectivity index (χ0) is 11.6. The molecule has 0 aliphatic rings. The molecule has 2 nitrogen and oxygen atoms in total. The first-order valence-corrected chi connectivity index (χ1v) is 5.06. The Labute approximate surface area is 94.3 Å². The van der Waals surface area contributed by atoms with Gasteiger partial charge < -0.3 is 10.0 Å². The standard InChI is InChI=1S/C11H15ClFNO/c1-11(2,7-15)14(3)8-4-5-10(13)9(12)6-8/h4-6,15H,7H2,1-3H3. The summed E-state index contributed by atoms with van der Waals surface area (Å²) in [4.78, 5) is 1.86. The summed E-state index contributed by atoms with van der Waals surface area (Å²) in [5, 5.41) is 9.29. The molecule has 0 heterocycles. The van der Waals surface area contributed by atoms with Crippen molar-refractivity contribution in [2.75, 3.05) is 18.6 Å². The lowest BCUT2D eigenvalue weighted by atomic mass is 10.0. The number of benzene rings is 1. The topological polar surface area (TPSA) is 23.5 Å². The number of anilines is 1. The largest absolute Gasteiger partial charge is 0.394 e. The van der Waals surface area contributed by atoms with Crippen LogP contribution < -0.4 is 4.90 Å². The van der Waals surface area contributed by atoms with Crippen molar-refractivity contribution in [3.63, 3.8) is 0 Å². The molecular formula is C11H15ClFNO. The SMILES string of the molecule is CN(c1ccc(F)c(Cl)c1)C(C)(C)CO. The Bertz CT molecular complexity index is 354. The van der Waals surface area contributed by atoms with Crippen LogP contribution in [0.1, 0.15) is 13.8 Å². The maximum atomic E-state index is 12.9. The van der Waals surface area contributed by atoms with Crippen LogP contribution in [0.3, 0.4) is 0 Å². The van der Waals surface area contributed by atoms with E-state index < -0.39 is 11.4 Å². The molecule has 1 N–H and O–H groups in total. The number of hydrogen-bond acceptors (Lipinski definition) is 2. The quantitative estimate of drug-likeness (QED) is 0.865. The van der Waals surface area contributed by atoms with Crippen LogP contribution in [0.25, 0.3) is 0 Å². The van der Waals surface area contributed by atoms with Crippen LogP contribution in [0.2, 0.25) is 5.02 Å². The lowest BCUT2D eigenvalue weighted by Gasteiger charge is -2.35. The number of nitrogens with zero attached hydrogens (tertiary/aromatic N) is 1. The second-order valence-corrected chi connectivity index (χ2v) is 4.54. The summed E-state index contributed by atoms with van der Waals surface area (Å²) < 4.78 is 12.9. The Morgan fingerprint density at radius 1 is 1.47 bits per heavy atom. The van der Waals surface area contributed by atoms with E-state index in [4.69, 9.17) is 11.6 Å². The van der Waals surface area contributed by atoms with Gasteiger partial charge in [-0.3, -0.25) is 0 Å². The molecule has 0 saturated carbocycles. The first kappa shape index (κ1) is 12.3. The summed E-state index contributed by atoms with van der Waals surface area (Å²) >= 11 is 5.69. The van der Waals surface area contributed by atoms with Crippen LogP contribution in [-0.4, -0.2) is 24.3 Å². The van der Waals surface area contributed by atoms with Crippen LogP contribution in [-0.2, 0) is 0 Å². The fraction of sp³-hybridized carbons (Fsp3) is 0.455. The maximum Gasteiger partial charge on any atom is 0.141 e. The highest BCUT2D eigenvalue weighted by atomic mass is 35.5. The van der Waals surface area contributed by atoms with Gasteiger partial charge in [-0.25, -0.2) is 4.39 Å². The Morgan fingerprint density at radius 2 is 2.07 bits per heavy atom. The summed E-state index contributed by atoms with van der Waals surface area (Å²) in [5.74, 6) is -0.435. The van der Waals surface area contributed by atoms with E-state index in [1.54, 1.807) is 12.1 Å². The van der Waals surface area contributed by atoms with E-state index in [1.807, 2.05) is 25.8 Å². The average molecular weight is 232 g/mol. The van der Waals surface area contributed by atoms with Gasteiger partial charge in [-0.05, 0) is 32.0 Å². The van der Waals surface area contributed by atoms with E-state index in [0.717, 1.165) is 5.69 Å². The third kappa shape index (κ3) is 2.61. The summed E-state index contributed by atoms with van der Waals surface area (Å²) in [6.07, 6.45) is 0. The lowest BCUT2D eigenvalue weighted by Crippen LogP contribution is -2.44. The van der Waals surface area contributed by atoms with Crippen LogP contribution >= 0.6 is 11.6 Å². The Kier molecular flexibility index (Phi) is 3.58. The molecule has 84 valence electrons. The van der Waals surface area contributed by atoms with Crippen LogP contribution in [0.4, 0.5) is 10.1 Å². The fourth-order valence-electron chi connectivity index (χ4n) is 1.15. The van der Waals surface area contributed by atoms with Crippen molar-refractivity contribution in [1.29, 1.82) is 0 Å². The van der Waals surface area contributed by atoms with E-state index in [2.05, 4.69) is 0 Å². The van der Waals surface area contributed by atoms with Crippen molar-refractivity contribution in [3.8, 4) is 0 Å². The van der Waals surface area contributed by atoms with E-state index in [0.29, 0.717) is 0 Å². The molecule has 0 bridgehead atoms. The first-order valence-electron chi connectivity index (χ1n) is 4.68. The highest BCUT2D eigenvalue weighted by Gasteiger charge is 2.23. The molecule has 0 amide bonds. The van der Waals surface area contributed by atoms with Crippen molar-refractivity contribution in [3.05, 3.63) is 29.0 Å². The van der Waals surface area contributed by atoms with Crippen molar-refractivity contribution in [2.45, 2.75) is 19.4 Å². The zero-order valence-electron chi connectivity index (χ0n) is 9.09. The smallest absolute Gasteiger partial charge is 0.141 e. The van der Waals surface area contributed by atoms with Gasteiger partial charge in [-0.2, -0.15) is 0 Å². The summed E-state index contributed by atoms with van der Waals surface area (Å²) in [5.41, 5.74) is 0.377. The second kappa shape index (κ2) is 4.37. The predicted octanol–water partition coefficient (Wildman–Crippen LogP) is 2.69. The van der Waals surface area contributed by atoms with Gasteiger partial charge in [0.15, 0.2) is 0 Å². The van der Waals surface area contributed by atoms with Gasteiger partial charge in [-0.1, -0.05) is 11.6 Å². The Balaban J connectivity index is 3.02. The minimum Gasteiger partial charge on any atom is -0.394 e. The molecule has 0 radical (unpaired) electrons. The number of halogens is 2. The summed E-state index contributed by atoms with van der Waals surface area (Å²) in [6.45, 7) is 3.80. The highest BCUT2D eigenvalue weighted by molar-refractivity contribution is 6.31. The van der Waals surface area contributed by atoms with Gasteiger partial charge in [0.2, 0.25) is 0 Å². The molecule has 4 heteroatoms. The molecule has 0 spiro atoms. The van der Waals surface area contributed by atoms with Crippen molar-refractivity contribution < 1.29 is 9.50 Å². The molecular weight excluding hydrogens is 217 g/mol. The van der Waals surface area contributed by atoms with Gasteiger partial charge >= 0.3 is 0 Å². The van der Waals surface area contributed by atoms with E-state index in [9.17, 15) is 9.50 Å². The van der Waals surface area contributed by atoms with Crippen molar-refractivity contribution >= 4 is 17.3 Å². The van der Waals surface area contributed by atoms with E-state index in [1.165, 1.54) is 6.07 Å². The fourth-order valence-corrected chi connectivity index (χ4v) is 1.32. The number of aliphatic hydroxyl groups is 1. The molecule has 0 saturated heterocycles. The normalized spacial score (nSPS) is 11.6. The molecule has 15 heavy (non-hydrogen) atoms. The number of aliphatic hydroxyl groups excluding tert-OH is 1. The van der Waals surface area contributed by atoms with Crippen LogP contribution in [0, 0.1) is 5.82 Å². The molecule has 0 aliphatic heterocycles. The number of hydrogen-bond donors (Lipinski definition) is 1. The van der Waals surface area contributed by atoms with Gasteiger partial charge in [0.25, 0.3) is 0 Å². The minimum atomic E-state index is -0.435. The molecule has 1 aromatic rings. The van der Waals surface area contributed by atoms with E-state index in [-0.39, 0.29) is 11.6 Å². The Hall–Kier alpha value is -0.800. The van der Waals surface area contributed by atoms with Gasteiger partial charge in [0.05, 0.1) is 17.2 Å². The monoisotopic (exact) mass is 231 g/mol. The molecule has 0 atom stereocenters. The molecule has 1 aromatic carbocycles. The van der Waals surface area contributed by atoms with Gasteiger partial charge in [-0.15, -0.1) is 0 Å². The third-order valence-electron chi connectivity index (χ3n) is 2.59. The highest BCUT2D eigenvalue weighted by Crippen LogP contribution is 2.26. The molecule has 0 fully saturated rings. The second-order valence-electron chi connectivity index (χ2n) is 4.13. The average Bonchev–Trinajstić information content (AvgIpc) is 2.21. The van der Waals surface area contributed by atoms with Crippen molar-refractivity contribution in [2.24, 2.45) is 0 Å². The minimum absolute atomic E-state index is 0.0124. The molecule has 0 unspecified atom stereocenters. The van der Waals surface area contributed by atoms with Gasteiger partial charge in [0.1, 0.15) is 5.82 Å². The van der Waals surface area contributed by atoms with Crippen LogP contribution in [0.5, 0.6) is 0 Å². The van der Waals surface area contributed by atoms with E-state index >= 15 is 0 Å². The van der Waals surface area contributed by atoms with Gasteiger partial charge in [0, 0.05) is 12.7 Å². The molecule has 1 rings (SSSR count). The predicted molar refractivity (Wildman–Crippen MR) is 61.0 cm³/mol. The summed E-state index contributed by atoms with van der Waals surface area (Å²) in [7, 11) is 1.83. The van der Waals surface area contributed by atoms with Crippen molar-refractivity contribution in [1.82, 2.24) is 0 Å². The molecule has 0 aromatic heterocycles. The number of rotatable bonds is 3. The Morgan fingerprint density at radius 3 is 2.53 bits per heavy atom. The summed E-state index contributed by atoms with van der Waals surface area (Å²) in [6, 6.07) is 4.51. The lowest BCUT2D eigenvalue weighted by molar-refractivity contribution is 0.216. The van der Waals surface area contributed by atoms with Crippen LogP contribution in [0.15, 0.2) is 18.2 Å². The first-order chi connectivity index (χ1) is 6.88. The third-order valence-corrected chi connectivity index (χ3v) is 2.88. The zero-order valence-corrected chi connectivity index (χ0v) is 9.85. The maximum absolute atomic E-state index is 12.9. The number of likely N-dealkylation sites (N-methyl/N-ethyl adjacent to an activating group) is 1.